The number of fused-ring (bicyclic) bond motifs is 1. The van der Waals surface area contributed by atoms with E-state index in [2.05, 4.69) is 43.3 Å². The van der Waals surface area contributed by atoms with Gasteiger partial charge in [-0.2, -0.15) is 0 Å². The Morgan fingerprint density at radius 2 is 1.58 bits per heavy atom. The van der Waals surface area contributed by atoms with Gasteiger partial charge in [0.05, 0.1) is 20.7 Å². The van der Waals surface area contributed by atoms with E-state index in [9.17, 15) is 4.21 Å². The molecule has 0 aliphatic rings. The monoisotopic (exact) mass is 377 g/mol. The lowest BCUT2D eigenvalue weighted by molar-refractivity contribution is 0.683. The number of aromatic nitrogens is 1. The second-order valence-electron chi connectivity index (χ2n) is 6.12. The van der Waals surface area contributed by atoms with E-state index in [4.69, 9.17) is 4.98 Å². The SMILES string of the molecule is CCCS(=O)c1cc2c(-c3ccccc3)cc(-c3ccccc3)nc2s1. The van der Waals surface area contributed by atoms with E-state index in [-0.39, 0.29) is 0 Å². The molecule has 4 rings (SSSR count). The summed E-state index contributed by atoms with van der Waals surface area (Å²) in [4.78, 5) is 5.83. The Hall–Kier alpha value is -2.30. The maximum atomic E-state index is 12.5. The summed E-state index contributed by atoms with van der Waals surface area (Å²) in [5.74, 6) is 0.693. The molecule has 2 aromatic heterocycles. The fourth-order valence-corrected chi connectivity index (χ4v) is 5.47. The van der Waals surface area contributed by atoms with E-state index < -0.39 is 10.8 Å². The summed E-state index contributed by atoms with van der Waals surface area (Å²) >= 11 is 1.55. The second-order valence-corrected chi connectivity index (χ2v) is 8.95. The summed E-state index contributed by atoms with van der Waals surface area (Å²) in [5, 5.41) is 1.08. The molecule has 0 spiro atoms. The van der Waals surface area contributed by atoms with E-state index in [1.165, 1.54) is 0 Å². The van der Waals surface area contributed by atoms with Gasteiger partial charge in [-0.15, -0.1) is 11.3 Å². The highest BCUT2D eigenvalue weighted by molar-refractivity contribution is 7.87. The standard InChI is InChI=1S/C22H19NOS2/c1-2-13-26(24)21-15-19-18(16-9-5-3-6-10-16)14-20(23-22(19)25-21)17-11-7-4-8-12-17/h3-12,14-15H,2,13H2,1H3. The fourth-order valence-electron chi connectivity index (χ4n) is 3.00. The Morgan fingerprint density at radius 3 is 2.23 bits per heavy atom. The van der Waals surface area contributed by atoms with Crippen LogP contribution in [0.1, 0.15) is 13.3 Å². The fraction of sp³-hybridized carbons (Fsp3) is 0.136. The molecule has 2 aromatic carbocycles. The lowest BCUT2D eigenvalue weighted by Crippen LogP contribution is -1.92. The van der Waals surface area contributed by atoms with Crippen LogP contribution in [0.15, 0.2) is 77.0 Å². The predicted octanol–water partition coefficient (Wildman–Crippen LogP) is 6.15. The Kier molecular flexibility index (Phi) is 4.96. The molecule has 0 saturated carbocycles. The van der Waals surface area contributed by atoms with Gasteiger partial charge in [0, 0.05) is 16.7 Å². The first-order valence-electron chi connectivity index (χ1n) is 8.70. The molecular weight excluding hydrogens is 358 g/mol. The van der Waals surface area contributed by atoms with Crippen molar-refractivity contribution < 1.29 is 4.21 Å². The minimum Gasteiger partial charge on any atom is -0.254 e. The molecule has 0 aliphatic heterocycles. The van der Waals surface area contributed by atoms with Gasteiger partial charge in [0.25, 0.3) is 0 Å². The average molecular weight is 378 g/mol. The normalized spacial score (nSPS) is 12.3. The lowest BCUT2D eigenvalue weighted by atomic mass is 10.0. The summed E-state index contributed by atoms with van der Waals surface area (Å²) in [6.07, 6.45) is 0.912. The number of hydrogen-bond acceptors (Lipinski definition) is 3. The maximum Gasteiger partial charge on any atom is 0.125 e. The molecule has 0 radical (unpaired) electrons. The smallest absolute Gasteiger partial charge is 0.125 e. The van der Waals surface area contributed by atoms with Crippen LogP contribution in [0.2, 0.25) is 0 Å². The molecule has 0 amide bonds. The van der Waals surface area contributed by atoms with Crippen molar-refractivity contribution in [3.63, 3.8) is 0 Å². The highest BCUT2D eigenvalue weighted by atomic mass is 32.2. The summed E-state index contributed by atoms with van der Waals surface area (Å²) in [6, 6.07) is 24.8. The molecule has 2 heterocycles. The van der Waals surface area contributed by atoms with E-state index in [1.807, 2.05) is 36.4 Å². The molecular formula is C22H19NOS2. The van der Waals surface area contributed by atoms with Gasteiger partial charge >= 0.3 is 0 Å². The van der Waals surface area contributed by atoms with Gasteiger partial charge < -0.3 is 0 Å². The summed E-state index contributed by atoms with van der Waals surface area (Å²) in [6.45, 7) is 2.06. The van der Waals surface area contributed by atoms with E-state index in [0.717, 1.165) is 43.2 Å². The Morgan fingerprint density at radius 1 is 0.923 bits per heavy atom. The molecule has 1 unspecified atom stereocenters. The van der Waals surface area contributed by atoms with Crippen LogP contribution in [-0.4, -0.2) is 14.9 Å². The van der Waals surface area contributed by atoms with Crippen molar-refractivity contribution in [2.45, 2.75) is 17.6 Å². The van der Waals surface area contributed by atoms with E-state index >= 15 is 0 Å². The first kappa shape index (κ1) is 17.1. The van der Waals surface area contributed by atoms with Crippen LogP contribution < -0.4 is 0 Å². The number of pyridine rings is 1. The topological polar surface area (TPSA) is 30.0 Å². The third-order valence-corrected chi connectivity index (χ3v) is 7.23. The van der Waals surface area contributed by atoms with Crippen LogP contribution in [0, 0.1) is 0 Å². The first-order chi connectivity index (χ1) is 12.8. The highest BCUT2D eigenvalue weighted by Crippen LogP contribution is 2.37. The summed E-state index contributed by atoms with van der Waals surface area (Å²) in [7, 11) is -0.953. The number of nitrogens with zero attached hydrogens (tertiary/aromatic N) is 1. The van der Waals surface area contributed by atoms with Crippen LogP contribution >= 0.6 is 11.3 Å². The van der Waals surface area contributed by atoms with Gasteiger partial charge in [-0.25, -0.2) is 4.98 Å². The Balaban J connectivity index is 1.95. The lowest BCUT2D eigenvalue weighted by Gasteiger charge is -2.07. The zero-order chi connectivity index (χ0) is 17.9. The molecule has 0 fully saturated rings. The van der Waals surface area contributed by atoms with Gasteiger partial charge in [0.2, 0.25) is 0 Å². The van der Waals surface area contributed by atoms with Gasteiger partial charge in [-0.1, -0.05) is 67.6 Å². The molecule has 1 atom stereocenters. The number of benzene rings is 2. The van der Waals surface area contributed by atoms with Crippen molar-refractivity contribution >= 4 is 32.4 Å². The van der Waals surface area contributed by atoms with E-state index in [0.29, 0.717) is 5.75 Å². The quantitative estimate of drug-likeness (QED) is 0.418. The third-order valence-electron chi connectivity index (χ3n) is 4.25. The van der Waals surface area contributed by atoms with Crippen molar-refractivity contribution in [2.75, 3.05) is 5.75 Å². The average Bonchev–Trinajstić information content (AvgIpc) is 3.13. The molecule has 0 bridgehead atoms. The Bertz CT molecular complexity index is 1060. The molecule has 4 heteroatoms. The number of hydrogen-bond donors (Lipinski definition) is 0. The van der Waals surface area contributed by atoms with Crippen LogP contribution in [0.3, 0.4) is 0 Å². The molecule has 26 heavy (non-hydrogen) atoms. The Labute approximate surface area is 160 Å². The van der Waals surface area contributed by atoms with Crippen LogP contribution in [0.4, 0.5) is 0 Å². The van der Waals surface area contributed by atoms with Crippen molar-refractivity contribution in [2.24, 2.45) is 0 Å². The van der Waals surface area contributed by atoms with Gasteiger partial charge in [0.1, 0.15) is 4.83 Å². The third kappa shape index (κ3) is 3.35. The second kappa shape index (κ2) is 7.52. The zero-order valence-corrected chi connectivity index (χ0v) is 16.1. The van der Waals surface area contributed by atoms with Gasteiger partial charge in [-0.3, -0.25) is 4.21 Å². The summed E-state index contributed by atoms with van der Waals surface area (Å²) in [5.41, 5.74) is 4.34. The van der Waals surface area contributed by atoms with Crippen molar-refractivity contribution in [3.8, 4) is 22.4 Å². The van der Waals surface area contributed by atoms with Crippen molar-refractivity contribution in [1.29, 1.82) is 0 Å². The highest BCUT2D eigenvalue weighted by Gasteiger charge is 2.15. The maximum absolute atomic E-state index is 12.5. The van der Waals surface area contributed by atoms with E-state index in [1.54, 1.807) is 11.3 Å². The molecule has 130 valence electrons. The number of rotatable bonds is 5. The minimum atomic E-state index is -0.953. The molecule has 2 nitrogen and oxygen atoms in total. The minimum absolute atomic E-state index is 0.693. The predicted molar refractivity (Wildman–Crippen MR) is 112 cm³/mol. The van der Waals surface area contributed by atoms with Crippen molar-refractivity contribution in [3.05, 3.63) is 72.8 Å². The zero-order valence-electron chi connectivity index (χ0n) is 14.5. The first-order valence-corrected chi connectivity index (χ1v) is 10.8. The van der Waals surface area contributed by atoms with Gasteiger partial charge in [0.15, 0.2) is 0 Å². The number of thiophene rings is 1. The molecule has 4 aromatic rings. The van der Waals surface area contributed by atoms with Crippen molar-refractivity contribution in [1.82, 2.24) is 4.98 Å². The molecule has 0 aliphatic carbocycles. The van der Waals surface area contributed by atoms with Crippen LogP contribution in [0.25, 0.3) is 32.6 Å². The van der Waals surface area contributed by atoms with Crippen LogP contribution in [-0.2, 0) is 10.8 Å². The van der Waals surface area contributed by atoms with Crippen LogP contribution in [0.5, 0.6) is 0 Å². The largest absolute Gasteiger partial charge is 0.254 e. The molecule has 0 saturated heterocycles. The molecule has 0 N–H and O–H groups in total. The summed E-state index contributed by atoms with van der Waals surface area (Å²) < 4.78 is 13.4. The van der Waals surface area contributed by atoms with Gasteiger partial charge in [-0.05, 0) is 29.7 Å².